The van der Waals surface area contributed by atoms with Gasteiger partial charge in [0, 0.05) is 32.4 Å². The molecule has 1 amide bonds. The number of nitrogens with one attached hydrogen (secondary N) is 1. The molecule has 1 atom stereocenters. The molecule has 0 saturated carbocycles. The maximum Gasteiger partial charge on any atom is 0.237 e. The second kappa shape index (κ2) is 7.62. The van der Waals surface area contributed by atoms with Crippen molar-refractivity contribution in [1.29, 1.82) is 0 Å². The fraction of sp³-hybridized carbons (Fsp3) is 0.474. The van der Waals surface area contributed by atoms with Crippen LogP contribution in [0.3, 0.4) is 0 Å². The third-order valence-electron chi connectivity index (χ3n) is 4.71. The topological polar surface area (TPSA) is 50.2 Å². The van der Waals surface area contributed by atoms with Gasteiger partial charge in [-0.15, -0.1) is 0 Å². The minimum absolute atomic E-state index is 0.0923. The largest absolute Gasteiger partial charge is 0.355 e. The molecule has 3 rings (SSSR count). The van der Waals surface area contributed by atoms with Gasteiger partial charge in [-0.25, -0.2) is 0 Å². The lowest BCUT2D eigenvalue weighted by Crippen LogP contribution is -2.47. The third kappa shape index (κ3) is 4.03. The molecule has 1 aromatic carbocycles. The van der Waals surface area contributed by atoms with E-state index in [0.29, 0.717) is 6.54 Å². The standard InChI is InChI=1S/C19H26N4O/c1-15-12-21-23(13-15)10-5-9-20-19(24)16(2)22-11-8-17-6-3-4-7-18(17)14-22/h3-4,6-7,12-13,16H,5,8-11,14H2,1-2H3,(H,20,24). The van der Waals surface area contributed by atoms with Crippen molar-refractivity contribution in [1.82, 2.24) is 20.0 Å². The van der Waals surface area contributed by atoms with E-state index in [0.717, 1.165) is 38.0 Å². The second-order valence-corrected chi connectivity index (χ2v) is 6.59. The normalized spacial score (nSPS) is 15.8. The quantitative estimate of drug-likeness (QED) is 0.828. The van der Waals surface area contributed by atoms with E-state index < -0.39 is 0 Å². The van der Waals surface area contributed by atoms with Crippen molar-refractivity contribution in [3.63, 3.8) is 0 Å². The number of hydrogen-bond donors (Lipinski definition) is 1. The van der Waals surface area contributed by atoms with Crippen molar-refractivity contribution in [3.8, 4) is 0 Å². The summed E-state index contributed by atoms with van der Waals surface area (Å²) in [6.45, 7) is 7.35. The summed E-state index contributed by atoms with van der Waals surface area (Å²) in [4.78, 5) is 14.7. The van der Waals surface area contributed by atoms with E-state index in [1.54, 1.807) is 0 Å². The van der Waals surface area contributed by atoms with Gasteiger partial charge in [0.15, 0.2) is 0 Å². The third-order valence-corrected chi connectivity index (χ3v) is 4.71. The van der Waals surface area contributed by atoms with Crippen LogP contribution in [-0.4, -0.2) is 39.7 Å². The number of nitrogens with zero attached hydrogens (tertiary/aromatic N) is 3. The maximum absolute atomic E-state index is 12.4. The summed E-state index contributed by atoms with van der Waals surface area (Å²) in [5.41, 5.74) is 3.92. The molecule has 5 nitrogen and oxygen atoms in total. The average molecular weight is 326 g/mol. The van der Waals surface area contributed by atoms with Crippen LogP contribution in [-0.2, 0) is 24.3 Å². The summed E-state index contributed by atoms with van der Waals surface area (Å²) in [5, 5.41) is 7.32. The summed E-state index contributed by atoms with van der Waals surface area (Å²) < 4.78 is 1.92. The molecule has 0 saturated heterocycles. The fourth-order valence-electron chi connectivity index (χ4n) is 3.20. The maximum atomic E-state index is 12.4. The van der Waals surface area contributed by atoms with E-state index in [4.69, 9.17) is 0 Å². The Bertz CT molecular complexity index is 694. The Labute approximate surface area is 143 Å². The highest BCUT2D eigenvalue weighted by Gasteiger charge is 2.24. The van der Waals surface area contributed by atoms with Crippen LogP contribution >= 0.6 is 0 Å². The van der Waals surface area contributed by atoms with Crippen molar-refractivity contribution in [3.05, 3.63) is 53.3 Å². The van der Waals surface area contributed by atoms with E-state index in [1.807, 2.05) is 30.9 Å². The number of hydrogen-bond acceptors (Lipinski definition) is 3. The lowest BCUT2D eigenvalue weighted by Gasteiger charge is -2.32. The van der Waals surface area contributed by atoms with Gasteiger partial charge in [0.05, 0.1) is 12.2 Å². The molecule has 128 valence electrons. The zero-order valence-electron chi connectivity index (χ0n) is 14.5. The average Bonchev–Trinajstić information content (AvgIpc) is 3.02. The molecule has 0 fully saturated rings. The predicted octanol–water partition coefficient (Wildman–Crippen LogP) is 2.14. The molecule has 0 aliphatic carbocycles. The Hall–Kier alpha value is -2.14. The monoisotopic (exact) mass is 326 g/mol. The van der Waals surface area contributed by atoms with Crippen molar-refractivity contribution < 1.29 is 4.79 Å². The summed E-state index contributed by atoms with van der Waals surface area (Å²) in [6, 6.07) is 8.42. The Morgan fingerprint density at radius 1 is 1.33 bits per heavy atom. The molecule has 2 heterocycles. The molecule has 0 radical (unpaired) electrons. The molecule has 2 aromatic rings. The Balaban J connectivity index is 1.43. The van der Waals surface area contributed by atoms with Crippen LogP contribution in [0.15, 0.2) is 36.7 Å². The van der Waals surface area contributed by atoms with Gasteiger partial charge in [-0.2, -0.15) is 5.10 Å². The number of carbonyl (C=O) groups excluding carboxylic acids is 1. The zero-order valence-corrected chi connectivity index (χ0v) is 14.5. The Morgan fingerprint density at radius 3 is 2.88 bits per heavy atom. The van der Waals surface area contributed by atoms with E-state index in [-0.39, 0.29) is 11.9 Å². The van der Waals surface area contributed by atoms with Gasteiger partial charge >= 0.3 is 0 Å². The highest BCUT2D eigenvalue weighted by molar-refractivity contribution is 5.81. The molecule has 1 aliphatic heterocycles. The van der Waals surface area contributed by atoms with Crippen molar-refractivity contribution in [2.45, 2.75) is 45.8 Å². The molecule has 0 spiro atoms. The number of amides is 1. The van der Waals surface area contributed by atoms with Gasteiger partial charge in [0.25, 0.3) is 0 Å². The van der Waals surface area contributed by atoms with E-state index in [1.165, 1.54) is 11.1 Å². The predicted molar refractivity (Wildman–Crippen MR) is 94.6 cm³/mol. The Kier molecular flexibility index (Phi) is 5.30. The van der Waals surface area contributed by atoms with E-state index in [9.17, 15) is 4.79 Å². The van der Waals surface area contributed by atoms with Gasteiger partial charge in [-0.3, -0.25) is 14.4 Å². The minimum atomic E-state index is -0.0923. The van der Waals surface area contributed by atoms with Gasteiger partial charge in [-0.05, 0) is 43.4 Å². The molecule has 1 N–H and O–H groups in total. The highest BCUT2D eigenvalue weighted by Crippen LogP contribution is 2.20. The number of rotatable bonds is 6. The van der Waals surface area contributed by atoms with Gasteiger partial charge in [-0.1, -0.05) is 24.3 Å². The molecular weight excluding hydrogens is 300 g/mol. The molecular formula is C19H26N4O. The first-order chi connectivity index (χ1) is 11.6. The number of benzene rings is 1. The fourth-order valence-corrected chi connectivity index (χ4v) is 3.20. The van der Waals surface area contributed by atoms with Crippen LogP contribution in [0.5, 0.6) is 0 Å². The summed E-state index contributed by atoms with van der Waals surface area (Å²) in [6.07, 6.45) is 5.79. The van der Waals surface area contributed by atoms with E-state index in [2.05, 4.69) is 39.6 Å². The minimum Gasteiger partial charge on any atom is -0.355 e. The van der Waals surface area contributed by atoms with E-state index >= 15 is 0 Å². The summed E-state index contributed by atoms with van der Waals surface area (Å²) >= 11 is 0. The van der Waals surface area contributed by atoms with Crippen LogP contribution < -0.4 is 5.32 Å². The molecule has 5 heteroatoms. The van der Waals surface area contributed by atoms with Crippen LogP contribution in [0.1, 0.15) is 30.0 Å². The summed E-state index contributed by atoms with van der Waals surface area (Å²) in [5.74, 6) is 0.117. The van der Waals surface area contributed by atoms with Gasteiger partial charge in [0.1, 0.15) is 0 Å². The van der Waals surface area contributed by atoms with Crippen molar-refractivity contribution in [2.75, 3.05) is 13.1 Å². The SMILES string of the molecule is Cc1cnn(CCCNC(=O)C(C)N2CCc3ccccc3C2)c1. The molecule has 0 bridgehead atoms. The van der Waals surface area contributed by atoms with Crippen LogP contribution in [0.4, 0.5) is 0 Å². The van der Waals surface area contributed by atoms with Crippen molar-refractivity contribution in [2.24, 2.45) is 0 Å². The highest BCUT2D eigenvalue weighted by atomic mass is 16.2. The second-order valence-electron chi connectivity index (χ2n) is 6.59. The first kappa shape index (κ1) is 16.7. The lowest BCUT2D eigenvalue weighted by atomic mass is 9.99. The number of fused-ring (bicyclic) bond motifs is 1. The first-order valence-corrected chi connectivity index (χ1v) is 8.71. The van der Waals surface area contributed by atoms with Crippen LogP contribution in [0.25, 0.3) is 0 Å². The number of carbonyl (C=O) groups is 1. The van der Waals surface area contributed by atoms with Crippen LogP contribution in [0.2, 0.25) is 0 Å². The Morgan fingerprint density at radius 2 is 2.12 bits per heavy atom. The molecule has 1 unspecified atom stereocenters. The van der Waals surface area contributed by atoms with Gasteiger partial charge in [0.2, 0.25) is 5.91 Å². The molecule has 1 aromatic heterocycles. The zero-order chi connectivity index (χ0) is 16.9. The first-order valence-electron chi connectivity index (χ1n) is 8.71. The van der Waals surface area contributed by atoms with Crippen LogP contribution in [0, 0.1) is 6.92 Å². The molecule has 1 aliphatic rings. The number of aryl methyl sites for hydroxylation is 2. The van der Waals surface area contributed by atoms with Gasteiger partial charge < -0.3 is 5.32 Å². The summed E-state index contributed by atoms with van der Waals surface area (Å²) in [7, 11) is 0. The molecule has 24 heavy (non-hydrogen) atoms. The lowest BCUT2D eigenvalue weighted by molar-refractivity contribution is -0.126. The smallest absolute Gasteiger partial charge is 0.237 e. The van der Waals surface area contributed by atoms with Crippen molar-refractivity contribution >= 4 is 5.91 Å². The number of aromatic nitrogens is 2.